The minimum Gasteiger partial charge on any atom is -0.469 e. The minimum absolute atomic E-state index is 0.0107. The van der Waals surface area contributed by atoms with Crippen molar-refractivity contribution >= 4 is 25.6 Å². The molecule has 12 heteroatoms. The van der Waals surface area contributed by atoms with Crippen LogP contribution >= 0.6 is 7.75 Å². The molecule has 0 spiro atoms. The Labute approximate surface area is 187 Å². The van der Waals surface area contributed by atoms with Crippen LogP contribution in [-0.4, -0.2) is 61.8 Å². The van der Waals surface area contributed by atoms with E-state index in [4.69, 9.17) is 13.8 Å². The molecule has 1 unspecified atom stereocenters. The Bertz CT molecular complexity index is 849. The Morgan fingerprint density at radius 1 is 1.34 bits per heavy atom. The first-order valence-electron chi connectivity index (χ1n) is 10.2. The smallest absolute Gasteiger partial charge is 0.407 e. The lowest BCUT2D eigenvalue weighted by atomic mass is 9.87. The second-order valence-electron chi connectivity index (χ2n) is 7.95. The zero-order chi connectivity index (χ0) is 23.8. The number of hydrogen-bond acceptors (Lipinski definition) is 9. The Balaban J connectivity index is 1.89. The second kappa shape index (κ2) is 11.5. The normalized spacial score (nSPS) is 23.1. The Hall–Kier alpha value is -2.33. The molecule has 2 rings (SSSR count). The summed E-state index contributed by atoms with van der Waals surface area (Å²) in [6, 6.07) is 4.43. The summed E-state index contributed by atoms with van der Waals surface area (Å²) in [7, 11) is -2.72. The number of carbonyl (C=O) groups excluding carboxylic acids is 3. The molecular weight excluding hydrogens is 441 g/mol. The van der Waals surface area contributed by atoms with Gasteiger partial charge in [0.1, 0.15) is 6.04 Å². The predicted octanol–water partition coefficient (Wildman–Crippen LogP) is 1.37. The van der Waals surface area contributed by atoms with Crippen LogP contribution in [0.3, 0.4) is 0 Å². The SMILES string of the molecule is COC(=O)CCNC(=O)[C@@H]1OP(=O)(N[C@@H](C)C(=O)OCCc2ccccn2)OCC1(C)C. The molecule has 178 valence electrons. The molecule has 3 atom stereocenters. The van der Waals surface area contributed by atoms with Crippen molar-refractivity contribution in [2.24, 2.45) is 5.41 Å². The molecule has 1 aromatic heterocycles. The quantitative estimate of drug-likeness (QED) is 0.379. The van der Waals surface area contributed by atoms with E-state index in [0.717, 1.165) is 5.69 Å². The highest BCUT2D eigenvalue weighted by atomic mass is 31.2. The topological polar surface area (TPSA) is 142 Å². The maximum atomic E-state index is 13.0. The molecule has 0 radical (unpaired) electrons. The number of ether oxygens (including phenoxy) is 2. The van der Waals surface area contributed by atoms with Gasteiger partial charge in [0.25, 0.3) is 0 Å². The maximum Gasteiger partial charge on any atom is 0.407 e. The van der Waals surface area contributed by atoms with Crippen LogP contribution in [0, 0.1) is 5.41 Å². The van der Waals surface area contributed by atoms with Gasteiger partial charge in [-0.15, -0.1) is 0 Å². The lowest BCUT2D eigenvalue weighted by Crippen LogP contribution is -2.51. The summed E-state index contributed by atoms with van der Waals surface area (Å²) in [5.74, 6) is -1.66. The van der Waals surface area contributed by atoms with E-state index in [0.29, 0.717) is 6.42 Å². The fourth-order valence-corrected chi connectivity index (χ4v) is 4.75. The van der Waals surface area contributed by atoms with E-state index in [9.17, 15) is 18.9 Å². The number of pyridine rings is 1. The largest absolute Gasteiger partial charge is 0.469 e. The van der Waals surface area contributed by atoms with Gasteiger partial charge in [-0.1, -0.05) is 19.9 Å². The maximum absolute atomic E-state index is 13.0. The molecule has 1 saturated heterocycles. The van der Waals surface area contributed by atoms with Crippen LogP contribution in [0.4, 0.5) is 0 Å². The molecular formula is C20H30N3O8P. The first-order chi connectivity index (χ1) is 15.1. The zero-order valence-electron chi connectivity index (χ0n) is 18.7. The molecule has 2 N–H and O–H groups in total. The van der Waals surface area contributed by atoms with Crippen LogP contribution in [0.5, 0.6) is 0 Å². The zero-order valence-corrected chi connectivity index (χ0v) is 19.6. The number of rotatable bonds is 10. The van der Waals surface area contributed by atoms with Gasteiger partial charge in [0.2, 0.25) is 5.91 Å². The average molecular weight is 471 g/mol. The number of nitrogens with one attached hydrogen (secondary N) is 2. The molecule has 32 heavy (non-hydrogen) atoms. The molecule has 1 aliphatic rings. The lowest BCUT2D eigenvalue weighted by molar-refractivity contribution is -0.145. The Morgan fingerprint density at radius 2 is 2.09 bits per heavy atom. The van der Waals surface area contributed by atoms with Crippen LogP contribution in [0.25, 0.3) is 0 Å². The molecule has 1 aromatic rings. The highest BCUT2D eigenvalue weighted by Crippen LogP contribution is 2.53. The first-order valence-corrected chi connectivity index (χ1v) is 11.7. The summed E-state index contributed by atoms with van der Waals surface area (Å²) in [4.78, 5) is 40.2. The van der Waals surface area contributed by atoms with Gasteiger partial charge in [0.15, 0.2) is 6.10 Å². The van der Waals surface area contributed by atoms with Gasteiger partial charge in [-0.25, -0.2) is 9.65 Å². The molecule has 11 nitrogen and oxygen atoms in total. The molecule has 2 heterocycles. The summed E-state index contributed by atoms with van der Waals surface area (Å²) in [6.45, 7) is 4.99. The molecule has 1 fully saturated rings. The summed E-state index contributed by atoms with van der Waals surface area (Å²) in [6.07, 6.45) is 0.947. The fourth-order valence-electron chi connectivity index (χ4n) is 2.81. The Kier molecular flexibility index (Phi) is 9.33. The van der Waals surface area contributed by atoms with Crippen molar-refractivity contribution < 1.29 is 37.5 Å². The van der Waals surface area contributed by atoms with Gasteiger partial charge >= 0.3 is 19.7 Å². The summed E-state index contributed by atoms with van der Waals surface area (Å²) < 4.78 is 33.6. The predicted molar refractivity (Wildman–Crippen MR) is 113 cm³/mol. The van der Waals surface area contributed by atoms with E-state index in [1.54, 1.807) is 26.1 Å². The summed E-state index contributed by atoms with van der Waals surface area (Å²) >= 11 is 0. The van der Waals surface area contributed by atoms with Crippen LogP contribution in [0.15, 0.2) is 24.4 Å². The summed E-state index contributed by atoms with van der Waals surface area (Å²) in [5, 5.41) is 5.08. The third kappa shape index (κ3) is 7.67. The highest BCUT2D eigenvalue weighted by Gasteiger charge is 2.48. The van der Waals surface area contributed by atoms with Crippen LogP contribution < -0.4 is 10.4 Å². The third-order valence-corrected chi connectivity index (χ3v) is 6.35. The van der Waals surface area contributed by atoms with Crippen LogP contribution in [0.2, 0.25) is 0 Å². The van der Waals surface area contributed by atoms with Gasteiger partial charge < -0.3 is 14.8 Å². The number of methoxy groups -OCH3 is 1. The first kappa shape index (κ1) is 25.9. The lowest BCUT2D eigenvalue weighted by Gasteiger charge is -2.40. The van der Waals surface area contributed by atoms with E-state index in [-0.39, 0.29) is 26.2 Å². The van der Waals surface area contributed by atoms with Gasteiger partial charge in [-0.2, -0.15) is 0 Å². The molecule has 1 aliphatic heterocycles. The van der Waals surface area contributed by atoms with Crippen molar-refractivity contribution in [3.05, 3.63) is 30.1 Å². The minimum atomic E-state index is -3.98. The van der Waals surface area contributed by atoms with Gasteiger partial charge in [0, 0.05) is 30.3 Å². The third-order valence-electron chi connectivity index (χ3n) is 4.69. The number of hydrogen-bond donors (Lipinski definition) is 2. The van der Waals surface area contributed by atoms with E-state index < -0.39 is 43.2 Å². The number of aromatic nitrogens is 1. The summed E-state index contributed by atoms with van der Waals surface area (Å²) in [5.41, 5.74) is -0.0203. The second-order valence-corrected chi connectivity index (χ2v) is 9.67. The molecule has 0 aromatic carbocycles. The van der Waals surface area contributed by atoms with Crippen molar-refractivity contribution in [2.75, 3.05) is 26.9 Å². The van der Waals surface area contributed by atoms with E-state index >= 15 is 0 Å². The average Bonchev–Trinajstić information content (AvgIpc) is 2.76. The van der Waals surface area contributed by atoms with Crippen molar-refractivity contribution in [2.45, 2.75) is 45.8 Å². The number of carbonyl (C=O) groups is 3. The van der Waals surface area contributed by atoms with Gasteiger partial charge in [-0.05, 0) is 19.1 Å². The number of nitrogens with zero attached hydrogens (tertiary/aromatic N) is 1. The molecule has 0 aliphatic carbocycles. The van der Waals surface area contributed by atoms with Crippen molar-refractivity contribution in [1.82, 2.24) is 15.4 Å². The number of amides is 1. The van der Waals surface area contributed by atoms with E-state index in [2.05, 4.69) is 20.1 Å². The van der Waals surface area contributed by atoms with E-state index in [1.807, 2.05) is 12.1 Å². The van der Waals surface area contributed by atoms with Crippen molar-refractivity contribution in [1.29, 1.82) is 0 Å². The monoisotopic (exact) mass is 471 g/mol. The van der Waals surface area contributed by atoms with Gasteiger partial charge in [0.05, 0.1) is 26.7 Å². The molecule has 0 saturated carbocycles. The fraction of sp³-hybridized carbons (Fsp3) is 0.600. The van der Waals surface area contributed by atoms with Crippen LogP contribution in [0.1, 0.15) is 32.9 Å². The van der Waals surface area contributed by atoms with Crippen molar-refractivity contribution in [3.63, 3.8) is 0 Å². The van der Waals surface area contributed by atoms with Gasteiger partial charge in [-0.3, -0.25) is 28.4 Å². The molecule has 0 bridgehead atoms. The van der Waals surface area contributed by atoms with E-state index in [1.165, 1.54) is 14.0 Å². The molecule has 1 amide bonds. The van der Waals surface area contributed by atoms with Crippen LogP contribution in [-0.2, 0) is 43.9 Å². The van der Waals surface area contributed by atoms with Crippen molar-refractivity contribution in [3.8, 4) is 0 Å². The standard InChI is InChI=1S/C20H30N3O8P/c1-14(19(26)29-12-9-15-7-5-6-10-21-15)23-32(27)30-13-20(2,3)17(31-32)18(25)22-11-8-16(24)28-4/h5-7,10,14,17H,8-9,11-13H2,1-4H3,(H,22,25)(H,23,27)/t14-,17-,32?/m0/s1. The number of esters is 2. The Morgan fingerprint density at radius 3 is 2.75 bits per heavy atom. The highest BCUT2D eigenvalue weighted by molar-refractivity contribution is 7.51.